The predicted octanol–water partition coefficient (Wildman–Crippen LogP) is 0.374. The molecule has 2 rings (SSSR count). The minimum absolute atomic E-state index is 0.203. The van der Waals surface area contributed by atoms with Gasteiger partial charge in [-0.3, -0.25) is 9.69 Å². The summed E-state index contributed by atoms with van der Waals surface area (Å²) < 4.78 is 5.67. The fourth-order valence-electron chi connectivity index (χ4n) is 2.56. The summed E-state index contributed by atoms with van der Waals surface area (Å²) >= 11 is 0. The summed E-state index contributed by atoms with van der Waals surface area (Å²) in [6, 6.07) is 0.356. The minimum Gasteiger partial charge on any atom is -0.373 e. The van der Waals surface area contributed by atoms with Gasteiger partial charge in [0.1, 0.15) is 0 Å². The standard InChI is InChI=1S/C11H20N2O2/c1-8-5-13(6-9(2)15-8)7-10-3-4-11(14)12-10/h8-10H,3-7H2,1-2H3,(H,12,14)/t8-,9+,10-/m0/s1. The van der Waals surface area contributed by atoms with Gasteiger partial charge in [-0.05, 0) is 20.3 Å². The van der Waals surface area contributed by atoms with Crippen LogP contribution >= 0.6 is 0 Å². The van der Waals surface area contributed by atoms with Gasteiger partial charge in [0.25, 0.3) is 0 Å². The van der Waals surface area contributed by atoms with Crippen LogP contribution in [0.1, 0.15) is 26.7 Å². The second-order valence-corrected chi connectivity index (χ2v) is 4.78. The number of amides is 1. The summed E-state index contributed by atoms with van der Waals surface area (Å²) in [6.45, 7) is 7.16. The van der Waals surface area contributed by atoms with Crippen LogP contribution in [0, 0.1) is 0 Å². The van der Waals surface area contributed by atoms with E-state index in [1.807, 2.05) is 0 Å². The van der Waals surface area contributed by atoms with Crippen LogP contribution in [0.3, 0.4) is 0 Å². The van der Waals surface area contributed by atoms with Crippen molar-refractivity contribution in [1.29, 1.82) is 0 Å². The minimum atomic E-state index is 0.203. The molecule has 15 heavy (non-hydrogen) atoms. The van der Waals surface area contributed by atoms with Crippen LogP contribution in [0.25, 0.3) is 0 Å². The number of morpholine rings is 1. The average molecular weight is 212 g/mol. The number of carbonyl (C=O) groups excluding carboxylic acids is 1. The molecule has 2 aliphatic heterocycles. The Morgan fingerprint density at radius 3 is 2.60 bits per heavy atom. The van der Waals surface area contributed by atoms with Crippen molar-refractivity contribution >= 4 is 5.91 Å². The van der Waals surface area contributed by atoms with E-state index >= 15 is 0 Å². The summed E-state index contributed by atoms with van der Waals surface area (Å²) in [7, 11) is 0. The Bertz CT molecular complexity index is 235. The third-order valence-electron chi connectivity index (χ3n) is 3.06. The average Bonchev–Trinajstić information content (AvgIpc) is 2.49. The number of ether oxygens (including phenoxy) is 1. The van der Waals surface area contributed by atoms with Crippen LogP contribution in [0.4, 0.5) is 0 Å². The van der Waals surface area contributed by atoms with Crippen molar-refractivity contribution in [2.45, 2.75) is 44.9 Å². The van der Waals surface area contributed by atoms with Crippen molar-refractivity contribution in [3.05, 3.63) is 0 Å². The van der Waals surface area contributed by atoms with Gasteiger partial charge in [-0.15, -0.1) is 0 Å². The molecule has 0 aliphatic carbocycles. The lowest BCUT2D eigenvalue weighted by Gasteiger charge is -2.36. The van der Waals surface area contributed by atoms with Gasteiger partial charge < -0.3 is 10.1 Å². The second kappa shape index (κ2) is 4.49. The van der Waals surface area contributed by atoms with E-state index in [1.165, 1.54) is 0 Å². The molecule has 4 heteroatoms. The van der Waals surface area contributed by atoms with Gasteiger partial charge >= 0.3 is 0 Å². The van der Waals surface area contributed by atoms with Gasteiger partial charge in [-0.25, -0.2) is 0 Å². The van der Waals surface area contributed by atoms with E-state index in [9.17, 15) is 4.79 Å². The number of hydrogen-bond acceptors (Lipinski definition) is 3. The molecule has 86 valence electrons. The molecule has 0 aromatic heterocycles. The molecule has 0 bridgehead atoms. The van der Waals surface area contributed by atoms with Gasteiger partial charge in [0.15, 0.2) is 0 Å². The summed E-state index contributed by atoms with van der Waals surface area (Å²) in [5, 5.41) is 3.01. The number of rotatable bonds is 2. The Labute approximate surface area is 91.0 Å². The number of hydrogen-bond donors (Lipinski definition) is 1. The van der Waals surface area contributed by atoms with E-state index in [0.717, 1.165) is 26.1 Å². The van der Waals surface area contributed by atoms with Crippen molar-refractivity contribution in [1.82, 2.24) is 10.2 Å². The maximum absolute atomic E-state index is 11.1. The largest absolute Gasteiger partial charge is 0.373 e. The monoisotopic (exact) mass is 212 g/mol. The van der Waals surface area contributed by atoms with Crippen molar-refractivity contribution in [2.75, 3.05) is 19.6 Å². The molecule has 0 unspecified atom stereocenters. The molecule has 1 amide bonds. The molecule has 3 atom stereocenters. The van der Waals surface area contributed by atoms with Crippen LogP contribution in [0.2, 0.25) is 0 Å². The van der Waals surface area contributed by atoms with Crippen LogP contribution in [0.5, 0.6) is 0 Å². The molecule has 2 saturated heterocycles. The van der Waals surface area contributed by atoms with Crippen LogP contribution in [-0.4, -0.2) is 48.7 Å². The van der Waals surface area contributed by atoms with Gasteiger partial charge in [-0.2, -0.15) is 0 Å². The Kier molecular flexibility index (Phi) is 3.26. The summed E-state index contributed by atoms with van der Waals surface area (Å²) in [6.07, 6.45) is 2.30. The van der Waals surface area contributed by atoms with E-state index in [4.69, 9.17) is 4.74 Å². The van der Waals surface area contributed by atoms with E-state index in [0.29, 0.717) is 24.7 Å². The molecule has 0 aromatic carbocycles. The van der Waals surface area contributed by atoms with Gasteiger partial charge in [0, 0.05) is 32.1 Å². The SMILES string of the molecule is C[C@@H]1CN(C[C@@H]2CCC(=O)N2)C[C@H](C)O1. The zero-order chi connectivity index (χ0) is 10.8. The molecule has 1 N–H and O–H groups in total. The maximum Gasteiger partial charge on any atom is 0.220 e. The third-order valence-corrected chi connectivity index (χ3v) is 3.06. The Morgan fingerprint density at radius 1 is 1.40 bits per heavy atom. The first-order valence-electron chi connectivity index (χ1n) is 5.80. The fourth-order valence-corrected chi connectivity index (χ4v) is 2.56. The van der Waals surface area contributed by atoms with E-state index in [2.05, 4.69) is 24.1 Å². The van der Waals surface area contributed by atoms with Crippen LogP contribution in [0.15, 0.2) is 0 Å². The maximum atomic E-state index is 11.1. The molecule has 0 radical (unpaired) electrons. The molecular weight excluding hydrogens is 192 g/mol. The van der Waals surface area contributed by atoms with E-state index < -0.39 is 0 Å². The number of carbonyl (C=O) groups is 1. The molecule has 0 saturated carbocycles. The summed E-state index contributed by atoms with van der Waals surface area (Å²) in [4.78, 5) is 13.5. The molecule has 0 spiro atoms. The number of nitrogens with zero attached hydrogens (tertiary/aromatic N) is 1. The molecule has 0 aromatic rings. The highest BCUT2D eigenvalue weighted by atomic mass is 16.5. The predicted molar refractivity (Wildman–Crippen MR) is 57.6 cm³/mol. The lowest BCUT2D eigenvalue weighted by Crippen LogP contribution is -2.49. The van der Waals surface area contributed by atoms with Crippen molar-refractivity contribution in [3.8, 4) is 0 Å². The normalized spacial score (nSPS) is 38.0. The van der Waals surface area contributed by atoms with Crippen molar-refractivity contribution < 1.29 is 9.53 Å². The second-order valence-electron chi connectivity index (χ2n) is 4.78. The van der Waals surface area contributed by atoms with E-state index in [-0.39, 0.29) is 5.91 Å². The highest BCUT2D eigenvalue weighted by molar-refractivity contribution is 5.78. The van der Waals surface area contributed by atoms with Gasteiger partial charge in [0.05, 0.1) is 12.2 Å². The first kappa shape index (κ1) is 10.9. The molecule has 2 fully saturated rings. The van der Waals surface area contributed by atoms with E-state index in [1.54, 1.807) is 0 Å². The first-order valence-corrected chi connectivity index (χ1v) is 5.80. The highest BCUT2D eigenvalue weighted by Gasteiger charge is 2.27. The molecule has 4 nitrogen and oxygen atoms in total. The third kappa shape index (κ3) is 2.92. The summed E-state index contributed by atoms with van der Waals surface area (Å²) in [5.41, 5.74) is 0. The molecule has 2 aliphatic rings. The Morgan fingerprint density at radius 2 is 2.07 bits per heavy atom. The lowest BCUT2D eigenvalue weighted by atomic mass is 10.1. The number of nitrogens with one attached hydrogen (secondary N) is 1. The fraction of sp³-hybridized carbons (Fsp3) is 0.909. The zero-order valence-electron chi connectivity index (χ0n) is 9.53. The van der Waals surface area contributed by atoms with Gasteiger partial charge in [-0.1, -0.05) is 0 Å². The van der Waals surface area contributed by atoms with Gasteiger partial charge in [0.2, 0.25) is 5.91 Å². The summed E-state index contributed by atoms with van der Waals surface area (Å²) in [5.74, 6) is 0.203. The van der Waals surface area contributed by atoms with Crippen molar-refractivity contribution in [2.24, 2.45) is 0 Å². The quantitative estimate of drug-likeness (QED) is 0.719. The lowest BCUT2D eigenvalue weighted by molar-refractivity contribution is -0.119. The highest BCUT2D eigenvalue weighted by Crippen LogP contribution is 2.14. The molecular formula is C11H20N2O2. The topological polar surface area (TPSA) is 41.6 Å². The van der Waals surface area contributed by atoms with Crippen LogP contribution in [-0.2, 0) is 9.53 Å². The Hall–Kier alpha value is -0.610. The Balaban J connectivity index is 1.81. The smallest absolute Gasteiger partial charge is 0.220 e. The molecule has 2 heterocycles. The zero-order valence-corrected chi connectivity index (χ0v) is 9.53. The van der Waals surface area contributed by atoms with Crippen molar-refractivity contribution in [3.63, 3.8) is 0 Å². The van der Waals surface area contributed by atoms with Crippen LogP contribution < -0.4 is 5.32 Å². The first-order chi connectivity index (χ1) is 7.13.